The van der Waals surface area contributed by atoms with Gasteiger partial charge in [-0.05, 0) is 115 Å². The predicted molar refractivity (Wildman–Crippen MR) is 175 cm³/mol. The van der Waals surface area contributed by atoms with E-state index in [1.165, 1.54) is 32.7 Å². The van der Waals surface area contributed by atoms with Crippen LogP contribution in [0.25, 0.3) is 0 Å². The van der Waals surface area contributed by atoms with E-state index in [9.17, 15) is 0 Å². The normalized spacial score (nSPS) is 11.5. The highest BCUT2D eigenvalue weighted by Gasteiger charge is 2.04. The zero-order chi connectivity index (χ0) is 28.0. The van der Waals surface area contributed by atoms with Crippen molar-refractivity contribution in [2.24, 2.45) is 4.99 Å². The molecule has 0 fully saturated rings. The van der Waals surface area contributed by atoms with Crippen molar-refractivity contribution in [1.29, 1.82) is 0 Å². The largest absolute Gasteiger partial charge is 0.466 e. The van der Waals surface area contributed by atoms with Gasteiger partial charge in [-0.25, -0.2) is 4.98 Å². The van der Waals surface area contributed by atoms with Crippen LogP contribution >= 0.6 is 46.0 Å². The molecule has 0 radical (unpaired) electrons. The molecule has 1 aromatic heterocycles. The van der Waals surface area contributed by atoms with Gasteiger partial charge < -0.3 is 20.1 Å². The molecule has 0 unspecified atom stereocenters. The van der Waals surface area contributed by atoms with E-state index in [1.807, 2.05) is 93.6 Å². The molecule has 0 atom stereocenters. The second-order valence-electron chi connectivity index (χ2n) is 8.48. The first-order valence-corrected chi connectivity index (χ1v) is 14.9. The van der Waals surface area contributed by atoms with Gasteiger partial charge in [-0.2, -0.15) is 0 Å². The fourth-order valence-electron chi connectivity index (χ4n) is 2.91. The first-order chi connectivity index (χ1) is 18.8. The summed E-state index contributed by atoms with van der Waals surface area (Å²) in [7, 11) is 2.97. The van der Waals surface area contributed by atoms with Crippen molar-refractivity contribution in [3.8, 4) is 0 Å². The smallest absolute Gasteiger partial charge is 0.261 e. The van der Waals surface area contributed by atoms with Crippen molar-refractivity contribution >= 4 is 74.5 Å². The maximum absolute atomic E-state index is 5.65. The molecule has 0 aliphatic heterocycles. The van der Waals surface area contributed by atoms with Crippen LogP contribution in [0.5, 0.6) is 0 Å². The first-order valence-electron chi connectivity index (χ1n) is 12.0. The van der Waals surface area contributed by atoms with Crippen LogP contribution in [0.15, 0.2) is 99.6 Å². The summed E-state index contributed by atoms with van der Waals surface area (Å²) in [6, 6.07) is 19.8. The number of hydrogen-bond acceptors (Lipinski definition) is 8. The Morgan fingerprint density at radius 3 is 2.03 bits per heavy atom. The molecule has 202 valence electrons. The number of thiocarbonyl (C=S) groups is 2. The average Bonchev–Trinajstić information content (AvgIpc) is 2.94. The van der Waals surface area contributed by atoms with E-state index in [2.05, 4.69) is 27.3 Å². The van der Waals surface area contributed by atoms with E-state index in [-0.39, 0.29) is 0 Å². The molecule has 3 aromatic rings. The molecular weight excluding hydrogens is 565 g/mol. The molecule has 0 aliphatic rings. The lowest BCUT2D eigenvalue weighted by Gasteiger charge is -2.10. The SMILES string of the molecule is C=N/C(=C\C=C(/C)COC(=S)Nc1ccc(C)cc1)SSc1ccc(COC(=S)Nc2ccc(C)cc2)cn1. The summed E-state index contributed by atoms with van der Waals surface area (Å²) < 4.78 is 11.3. The Labute approximate surface area is 248 Å². The molecule has 3 rings (SSSR count). The minimum Gasteiger partial charge on any atom is -0.466 e. The lowest BCUT2D eigenvalue weighted by Crippen LogP contribution is -2.14. The molecule has 2 aromatic carbocycles. The van der Waals surface area contributed by atoms with Crippen LogP contribution < -0.4 is 10.6 Å². The maximum Gasteiger partial charge on any atom is 0.261 e. The third-order valence-electron chi connectivity index (χ3n) is 5.07. The van der Waals surface area contributed by atoms with Gasteiger partial charge in [0.05, 0.1) is 0 Å². The van der Waals surface area contributed by atoms with Crippen LogP contribution in [0.1, 0.15) is 23.6 Å². The minimum atomic E-state index is 0.317. The summed E-state index contributed by atoms with van der Waals surface area (Å²) in [5.41, 5.74) is 6.07. The number of aromatic nitrogens is 1. The summed E-state index contributed by atoms with van der Waals surface area (Å²) >= 11 is 10.5. The number of rotatable bonds is 11. The summed E-state index contributed by atoms with van der Waals surface area (Å²) in [6.07, 6.45) is 5.61. The molecular formula is C29H30N4O2S4. The molecule has 2 N–H and O–H groups in total. The van der Waals surface area contributed by atoms with E-state index < -0.39 is 0 Å². The van der Waals surface area contributed by atoms with Crippen molar-refractivity contribution in [2.45, 2.75) is 32.4 Å². The van der Waals surface area contributed by atoms with E-state index >= 15 is 0 Å². The molecule has 0 saturated heterocycles. The van der Waals surface area contributed by atoms with Gasteiger partial charge in [-0.3, -0.25) is 4.99 Å². The lowest BCUT2D eigenvalue weighted by atomic mass is 10.2. The molecule has 0 amide bonds. The van der Waals surface area contributed by atoms with Crippen LogP contribution in [0.3, 0.4) is 0 Å². The van der Waals surface area contributed by atoms with Crippen LogP contribution in [-0.2, 0) is 16.1 Å². The van der Waals surface area contributed by atoms with Gasteiger partial charge in [0.1, 0.15) is 23.3 Å². The molecule has 0 spiro atoms. The molecule has 39 heavy (non-hydrogen) atoms. The molecule has 0 aliphatic carbocycles. The second-order valence-corrected chi connectivity index (χ2v) is 11.4. The van der Waals surface area contributed by atoms with Crippen LogP contribution in [0.2, 0.25) is 0 Å². The van der Waals surface area contributed by atoms with Crippen molar-refractivity contribution in [3.63, 3.8) is 0 Å². The Bertz CT molecular complexity index is 1320. The third-order valence-corrected chi connectivity index (χ3v) is 7.72. The minimum absolute atomic E-state index is 0.317. The van der Waals surface area contributed by atoms with Gasteiger partial charge in [0, 0.05) is 23.1 Å². The average molecular weight is 595 g/mol. The van der Waals surface area contributed by atoms with Gasteiger partial charge in [-0.1, -0.05) is 47.5 Å². The number of benzene rings is 2. The predicted octanol–water partition coefficient (Wildman–Crippen LogP) is 8.25. The van der Waals surface area contributed by atoms with Crippen molar-refractivity contribution < 1.29 is 9.47 Å². The van der Waals surface area contributed by atoms with E-state index in [0.717, 1.165) is 32.6 Å². The van der Waals surface area contributed by atoms with Crippen LogP contribution in [0, 0.1) is 13.8 Å². The fraction of sp³-hybridized carbons (Fsp3) is 0.172. The van der Waals surface area contributed by atoms with Gasteiger partial charge >= 0.3 is 0 Å². The Balaban J connectivity index is 1.40. The number of allylic oxidation sites excluding steroid dienone is 2. The lowest BCUT2D eigenvalue weighted by molar-refractivity contribution is 0.299. The molecule has 0 saturated carbocycles. The Kier molecular flexibility index (Phi) is 12.5. The Morgan fingerprint density at radius 2 is 1.49 bits per heavy atom. The van der Waals surface area contributed by atoms with Crippen LogP contribution in [-0.4, -0.2) is 28.7 Å². The zero-order valence-electron chi connectivity index (χ0n) is 22.0. The van der Waals surface area contributed by atoms with E-state index in [0.29, 0.717) is 23.6 Å². The number of pyridine rings is 1. The summed E-state index contributed by atoms with van der Waals surface area (Å²) in [4.78, 5) is 8.59. The fourth-order valence-corrected chi connectivity index (χ4v) is 4.96. The zero-order valence-corrected chi connectivity index (χ0v) is 25.2. The number of aliphatic imine (C=N–C) groups is 1. The number of aryl methyl sites for hydroxylation is 2. The molecule has 0 bridgehead atoms. The topological polar surface area (TPSA) is 67.8 Å². The Hall–Kier alpha value is -3.18. The highest BCUT2D eigenvalue weighted by Crippen LogP contribution is 2.36. The highest BCUT2D eigenvalue weighted by molar-refractivity contribution is 8.78. The van der Waals surface area contributed by atoms with Crippen LogP contribution in [0.4, 0.5) is 11.4 Å². The maximum atomic E-state index is 5.65. The van der Waals surface area contributed by atoms with Gasteiger partial charge in [-0.15, -0.1) is 0 Å². The summed E-state index contributed by atoms with van der Waals surface area (Å²) in [5, 5.41) is 8.38. The third kappa shape index (κ3) is 11.6. The molecule has 1 heterocycles. The number of nitrogens with one attached hydrogen (secondary N) is 2. The number of nitrogens with zero attached hydrogens (tertiary/aromatic N) is 2. The first kappa shape index (κ1) is 30.4. The quantitative estimate of drug-likeness (QED) is 0.0988. The van der Waals surface area contributed by atoms with E-state index in [1.54, 1.807) is 6.20 Å². The standard InChI is InChI=1S/C29H30N4O2S4/c1-20-5-11-24(12-6-20)32-28(36)34-18-22(3)9-15-26(30-4)38-39-27-16-10-23(17-31-27)19-35-29(37)33-25-13-7-21(2)8-14-25/h5-17H,4,18-19H2,1-3H3,(H,32,36)(H,33,37)/b22-9+,26-15+. The van der Waals surface area contributed by atoms with Crippen molar-refractivity contribution in [1.82, 2.24) is 4.98 Å². The van der Waals surface area contributed by atoms with E-state index in [4.69, 9.17) is 33.9 Å². The summed E-state index contributed by atoms with van der Waals surface area (Å²) in [6.45, 7) is 10.4. The molecule has 10 heteroatoms. The van der Waals surface area contributed by atoms with Gasteiger partial charge in [0.2, 0.25) is 0 Å². The number of ether oxygens (including phenoxy) is 2. The molecule has 6 nitrogen and oxygen atoms in total. The highest BCUT2D eigenvalue weighted by atomic mass is 33.1. The van der Waals surface area contributed by atoms with Gasteiger partial charge in [0.15, 0.2) is 0 Å². The Morgan fingerprint density at radius 1 is 0.897 bits per heavy atom. The van der Waals surface area contributed by atoms with Gasteiger partial charge in [0.25, 0.3) is 10.3 Å². The monoisotopic (exact) mass is 594 g/mol. The van der Waals surface area contributed by atoms with Crippen molar-refractivity contribution in [2.75, 3.05) is 17.2 Å². The summed E-state index contributed by atoms with van der Waals surface area (Å²) in [5.74, 6) is 0. The van der Waals surface area contributed by atoms with Crippen molar-refractivity contribution in [3.05, 3.63) is 106 Å². The number of anilines is 2. The second kappa shape index (κ2) is 16.0. The number of hydrogen-bond donors (Lipinski definition) is 2.